The lowest BCUT2D eigenvalue weighted by atomic mass is 10.0. The normalized spacial score (nSPS) is 10.4. The molecule has 0 amide bonds. The van der Waals surface area contributed by atoms with Gasteiger partial charge in [0, 0.05) is 28.4 Å². The summed E-state index contributed by atoms with van der Waals surface area (Å²) < 4.78 is 0. The third-order valence-corrected chi connectivity index (χ3v) is 2.80. The highest BCUT2D eigenvalue weighted by molar-refractivity contribution is 7.79. The standard InChI is InChI=1S/C9H14N2S2/c1-5-2-8(10)7(4-13)9(11)6(5)3-12/h2,12-13H,3-4,10-11H2,1H3. The summed E-state index contributed by atoms with van der Waals surface area (Å²) in [6, 6.07) is 1.92. The quantitative estimate of drug-likeness (QED) is 0.450. The minimum atomic E-state index is 0.568. The fourth-order valence-corrected chi connectivity index (χ4v) is 2.12. The van der Waals surface area contributed by atoms with Crippen LogP contribution >= 0.6 is 25.3 Å². The Balaban J connectivity index is 3.39. The van der Waals surface area contributed by atoms with E-state index in [2.05, 4.69) is 25.3 Å². The number of rotatable bonds is 2. The average molecular weight is 214 g/mol. The van der Waals surface area contributed by atoms with Crippen LogP contribution in [0.5, 0.6) is 0 Å². The molecular formula is C9H14N2S2. The Hall–Kier alpha value is -0.480. The van der Waals surface area contributed by atoms with Gasteiger partial charge in [0.15, 0.2) is 0 Å². The van der Waals surface area contributed by atoms with Gasteiger partial charge in [0.25, 0.3) is 0 Å². The van der Waals surface area contributed by atoms with Crippen molar-refractivity contribution in [3.8, 4) is 0 Å². The van der Waals surface area contributed by atoms with Gasteiger partial charge in [-0.2, -0.15) is 25.3 Å². The summed E-state index contributed by atoms with van der Waals surface area (Å²) in [5, 5.41) is 0. The Kier molecular flexibility index (Phi) is 3.39. The molecule has 2 nitrogen and oxygen atoms in total. The number of nitrogens with two attached hydrogens (primary N) is 2. The Bertz CT molecular complexity index is 296. The molecule has 0 radical (unpaired) electrons. The number of thiol groups is 2. The lowest BCUT2D eigenvalue weighted by Crippen LogP contribution is -2.04. The number of benzene rings is 1. The van der Waals surface area contributed by atoms with Crippen LogP contribution in [-0.4, -0.2) is 0 Å². The molecule has 0 fully saturated rings. The molecule has 0 saturated carbocycles. The van der Waals surface area contributed by atoms with Crippen LogP contribution in [0.2, 0.25) is 0 Å². The molecule has 0 spiro atoms. The Morgan fingerprint density at radius 3 is 2.15 bits per heavy atom. The zero-order chi connectivity index (χ0) is 10.0. The maximum atomic E-state index is 5.93. The fraction of sp³-hybridized carbons (Fsp3) is 0.333. The van der Waals surface area contributed by atoms with E-state index in [1.54, 1.807) is 0 Å². The average Bonchev–Trinajstić information content (AvgIpc) is 2.04. The minimum Gasteiger partial charge on any atom is -0.398 e. The molecule has 1 aromatic rings. The second-order valence-corrected chi connectivity index (χ2v) is 3.60. The molecule has 0 aliphatic rings. The lowest BCUT2D eigenvalue weighted by molar-refractivity contribution is 1.28. The molecule has 0 aromatic heterocycles. The molecule has 0 atom stereocenters. The molecule has 72 valence electrons. The van der Waals surface area contributed by atoms with Crippen molar-refractivity contribution in [3.05, 3.63) is 22.8 Å². The first-order valence-electron chi connectivity index (χ1n) is 3.99. The van der Waals surface area contributed by atoms with Gasteiger partial charge in [-0.1, -0.05) is 0 Å². The van der Waals surface area contributed by atoms with Crippen LogP contribution in [0.4, 0.5) is 11.4 Å². The molecule has 1 aromatic carbocycles. The summed E-state index contributed by atoms with van der Waals surface area (Å²) in [5.41, 5.74) is 16.3. The summed E-state index contributed by atoms with van der Waals surface area (Å²) in [6.07, 6.45) is 0. The van der Waals surface area contributed by atoms with Crippen LogP contribution in [0.15, 0.2) is 6.07 Å². The number of nitrogen functional groups attached to an aromatic ring is 2. The van der Waals surface area contributed by atoms with Crippen molar-refractivity contribution in [2.75, 3.05) is 11.5 Å². The lowest BCUT2D eigenvalue weighted by Gasteiger charge is -2.13. The number of hydrogen-bond acceptors (Lipinski definition) is 4. The second-order valence-electron chi connectivity index (χ2n) is 2.97. The van der Waals surface area contributed by atoms with Gasteiger partial charge in [-0.05, 0) is 24.1 Å². The number of hydrogen-bond donors (Lipinski definition) is 4. The topological polar surface area (TPSA) is 52.0 Å². The Labute approximate surface area is 89.5 Å². The first kappa shape index (κ1) is 10.6. The van der Waals surface area contributed by atoms with E-state index >= 15 is 0 Å². The summed E-state index contributed by atoms with van der Waals surface area (Å²) in [4.78, 5) is 0. The zero-order valence-corrected chi connectivity index (χ0v) is 9.33. The third kappa shape index (κ3) is 1.89. The van der Waals surface area contributed by atoms with Crippen molar-refractivity contribution < 1.29 is 0 Å². The molecule has 13 heavy (non-hydrogen) atoms. The van der Waals surface area contributed by atoms with Gasteiger partial charge < -0.3 is 11.5 Å². The molecule has 0 aliphatic carbocycles. The van der Waals surface area contributed by atoms with E-state index < -0.39 is 0 Å². The Morgan fingerprint density at radius 1 is 1.15 bits per heavy atom. The molecule has 4 N–H and O–H groups in total. The van der Waals surface area contributed by atoms with Crippen molar-refractivity contribution in [2.24, 2.45) is 0 Å². The first-order valence-corrected chi connectivity index (χ1v) is 5.26. The van der Waals surface area contributed by atoms with Crippen molar-refractivity contribution in [1.82, 2.24) is 0 Å². The van der Waals surface area contributed by atoms with E-state index in [9.17, 15) is 0 Å². The van der Waals surface area contributed by atoms with E-state index in [-0.39, 0.29) is 0 Å². The summed E-state index contributed by atoms with van der Waals surface area (Å²) >= 11 is 8.41. The largest absolute Gasteiger partial charge is 0.398 e. The van der Waals surface area contributed by atoms with E-state index in [1.165, 1.54) is 0 Å². The molecule has 0 heterocycles. The van der Waals surface area contributed by atoms with Gasteiger partial charge in [-0.25, -0.2) is 0 Å². The van der Waals surface area contributed by atoms with Crippen molar-refractivity contribution in [1.29, 1.82) is 0 Å². The summed E-state index contributed by atoms with van der Waals surface area (Å²) in [7, 11) is 0. The van der Waals surface area contributed by atoms with Crippen LogP contribution in [0.1, 0.15) is 16.7 Å². The zero-order valence-electron chi connectivity index (χ0n) is 7.54. The molecule has 0 bridgehead atoms. The van der Waals surface area contributed by atoms with Gasteiger partial charge in [0.1, 0.15) is 0 Å². The SMILES string of the molecule is Cc1cc(N)c(CS)c(N)c1CS. The predicted octanol–water partition coefficient (Wildman–Crippen LogP) is 2.02. The van der Waals surface area contributed by atoms with Crippen molar-refractivity contribution >= 4 is 36.6 Å². The highest BCUT2D eigenvalue weighted by Gasteiger charge is 2.09. The number of anilines is 2. The smallest absolute Gasteiger partial charge is 0.0419 e. The van der Waals surface area contributed by atoms with Crippen LogP contribution in [0.25, 0.3) is 0 Å². The number of aryl methyl sites for hydroxylation is 1. The van der Waals surface area contributed by atoms with Crippen LogP contribution in [0.3, 0.4) is 0 Å². The first-order chi connectivity index (χ1) is 6.11. The minimum absolute atomic E-state index is 0.568. The Morgan fingerprint density at radius 2 is 1.69 bits per heavy atom. The summed E-state index contributed by atoms with van der Waals surface area (Å²) in [6.45, 7) is 1.99. The van der Waals surface area contributed by atoms with E-state index in [4.69, 9.17) is 11.5 Å². The third-order valence-electron chi connectivity index (χ3n) is 2.16. The maximum Gasteiger partial charge on any atom is 0.0419 e. The van der Waals surface area contributed by atoms with Crippen LogP contribution in [-0.2, 0) is 11.5 Å². The molecular weight excluding hydrogens is 200 g/mol. The second kappa shape index (κ2) is 4.15. The fourth-order valence-electron chi connectivity index (χ4n) is 1.34. The van der Waals surface area contributed by atoms with Gasteiger partial charge >= 0.3 is 0 Å². The van der Waals surface area contributed by atoms with Gasteiger partial charge in [0.2, 0.25) is 0 Å². The predicted molar refractivity (Wildman–Crippen MR) is 65.4 cm³/mol. The molecule has 1 rings (SSSR count). The van der Waals surface area contributed by atoms with Crippen LogP contribution < -0.4 is 11.5 Å². The monoisotopic (exact) mass is 214 g/mol. The molecule has 0 aliphatic heterocycles. The van der Waals surface area contributed by atoms with Crippen molar-refractivity contribution in [2.45, 2.75) is 18.4 Å². The molecule has 0 saturated heterocycles. The van der Waals surface area contributed by atoms with E-state index in [1.807, 2.05) is 13.0 Å². The molecule has 4 heteroatoms. The van der Waals surface area contributed by atoms with Gasteiger partial charge in [-0.3, -0.25) is 0 Å². The molecule has 0 unspecified atom stereocenters. The van der Waals surface area contributed by atoms with E-state index in [0.717, 1.165) is 28.1 Å². The maximum absolute atomic E-state index is 5.93. The van der Waals surface area contributed by atoms with E-state index in [0.29, 0.717) is 11.5 Å². The summed E-state index contributed by atoms with van der Waals surface area (Å²) in [5.74, 6) is 1.21. The van der Waals surface area contributed by atoms with Crippen molar-refractivity contribution in [3.63, 3.8) is 0 Å². The van der Waals surface area contributed by atoms with Gasteiger partial charge in [0.05, 0.1) is 0 Å². The van der Waals surface area contributed by atoms with Gasteiger partial charge in [-0.15, -0.1) is 0 Å². The highest BCUT2D eigenvalue weighted by atomic mass is 32.1. The highest BCUT2D eigenvalue weighted by Crippen LogP contribution is 2.29. The van der Waals surface area contributed by atoms with Crippen LogP contribution in [0, 0.1) is 6.92 Å².